The summed E-state index contributed by atoms with van der Waals surface area (Å²) in [4.78, 5) is 8.97. The Labute approximate surface area is 129 Å². The van der Waals surface area contributed by atoms with Gasteiger partial charge in [-0.25, -0.2) is 14.4 Å². The Hall–Kier alpha value is -0.750. The van der Waals surface area contributed by atoms with Gasteiger partial charge in [-0.05, 0) is 59.5 Å². The summed E-state index contributed by atoms with van der Waals surface area (Å²) in [5, 5.41) is 0.490. The van der Waals surface area contributed by atoms with E-state index in [2.05, 4.69) is 39.5 Å². The lowest BCUT2D eigenvalue weighted by Gasteiger charge is -2.09. The van der Waals surface area contributed by atoms with Crippen molar-refractivity contribution in [2.24, 2.45) is 0 Å². The van der Waals surface area contributed by atoms with Gasteiger partial charge in [0.05, 0.1) is 5.56 Å². The van der Waals surface area contributed by atoms with Gasteiger partial charge in [-0.1, -0.05) is 18.5 Å². The van der Waals surface area contributed by atoms with Crippen LogP contribution in [0.15, 0.2) is 18.2 Å². The Morgan fingerprint density at radius 2 is 2.16 bits per heavy atom. The second kappa shape index (κ2) is 4.98. The number of fused-ring (bicyclic) bond motifs is 1. The highest BCUT2D eigenvalue weighted by Crippen LogP contribution is 2.35. The predicted molar refractivity (Wildman–Crippen MR) is 81.9 cm³/mol. The third-order valence-electron chi connectivity index (χ3n) is 3.45. The fraction of sp³-hybridized carbons (Fsp3) is 0.286. The maximum atomic E-state index is 13.9. The van der Waals surface area contributed by atoms with E-state index < -0.39 is 0 Å². The number of aryl methyl sites for hydroxylation is 1. The van der Waals surface area contributed by atoms with E-state index in [0.717, 1.165) is 22.2 Å². The van der Waals surface area contributed by atoms with Crippen LogP contribution in [0.5, 0.6) is 0 Å². The normalized spacial score (nSPS) is 17.6. The van der Waals surface area contributed by atoms with Crippen molar-refractivity contribution in [2.45, 2.75) is 25.7 Å². The Morgan fingerprint density at radius 3 is 2.95 bits per heavy atom. The van der Waals surface area contributed by atoms with Crippen molar-refractivity contribution >= 4 is 34.2 Å². The molecule has 1 aromatic heterocycles. The van der Waals surface area contributed by atoms with Gasteiger partial charge in [-0.3, -0.25) is 0 Å². The number of aromatic nitrogens is 2. The molecule has 0 fully saturated rings. The van der Waals surface area contributed by atoms with Crippen molar-refractivity contribution < 1.29 is 4.39 Å². The van der Waals surface area contributed by atoms with Gasteiger partial charge >= 0.3 is 0 Å². The van der Waals surface area contributed by atoms with Crippen LogP contribution >= 0.6 is 34.2 Å². The summed E-state index contributed by atoms with van der Waals surface area (Å²) >= 11 is 8.13. The molecule has 2 aromatic rings. The first-order valence-corrected chi connectivity index (χ1v) is 7.53. The van der Waals surface area contributed by atoms with Gasteiger partial charge in [0.15, 0.2) is 5.82 Å². The highest BCUT2D eigenvalue weighted by Gasteiger charge is 2.25. The molecule has 98 valence electrons. The lowest BCUT2D eigenvalue weighted by molar-refractivity contribution is 0.629. The first-order chi connectivity index (χ1) is 9.06. The van der Waals surface area contributed by atoms with Crippen molar-refractivity contribution in [3.63, 3.8) is 0 Å². The highest BCUT2D eigenvalue weighted by molar-refractivity contribution is 14.1. The number of rotatable bonds is 1. The summed E-state index contributed by atoms with van der Waals surface area (Å²) < 4.78 is 14.8. The number of hydrogen-bond donors (Lipinski definition) is 0. The van der Waals surface area contributed by atoms with Crippen LogP contribution in [0, 0.1) is 9.52 Å². The van der Waals surface area contributed by atoms with Crippen molar-refractivity contribution in [3.8, 4) is 11.4 Å². The molecule has 1 aliphatic rings. The SMILES string of the molecule is CC1CCc2nc(-c3cc(Cl)ccc3F)nc(I)c21. The Morgan fingerprint density at radius 1 is 1.37 bits per heavy atom. The smallest absolute Gasteiger partial charge is 0.163 e. The largest absolute Gasteiger partial charge is 0.233 e. The molecule has 5 heteroatoms. The zero-order chi connectivity index (χ0) is 13.6. The molecule has 0 aliphatic heterocycles. The van der Waals surface area contributed by atoms with Gasteiger partial charge in [0.2, 0.25) is 0 Å². The van der Waals surface area contributed by atoms with Crippen molar-refractivity contribution in [1.29, 1.82) is 0 Å². The van der Waals surface area contributed by atoms with E-state index in [0.29, 0.717) is 22.3 Å². The monoisotopic (exact) mass is 388 g/mol. The molecule has 0 saturated carbocycles. The molecule has 19 heavy (non-hydrogen) atoms. The second-order valence-electron chi connectivity index (χ2n) is 4.76. The first-order valence-electron chi connectivity index (χ1n) is 6.08. The summed E-state index contributed by atoms with van der Waals surface area (Å²) in [5.41, 5.74) is 2.63. The molecule has 1 aliphatic carbocycles. The van der Waals surface area contributed by atoms with E-state index >= 15 is 0 Å². The number of benzene rings is 1. The molecular formula is C14H11ClFIN2. The van der Waals surface area contributed by atoms with Crippen LogP contribution in [-0.4, -0.2) is 9.97 Å². The molecule has 0 saturated heterocycles. The molecule has 1 heterocycles. The van der Waals surface area contributed by atoms with Gasteiger partial charge in [0.25, 0.3) is 0 Å². The highest BCUT2D eigenvalue weighted by atomic mass is 127. The van der Waals surface area contributed by atoms with Crippen molar-refractivity contribution in [3.05, 3.63) is 44.0 Å². The Balaban J connectivity index is 2.17. The molecule has 0 amide bonds. The summed E-state index contributed by atoms with van der Waals surface area (Å²) in [5.74, 6) is 0.573. The molecule has 0 bridgehead atoms. The van der Waals surface area contributed by atoms with Gasteiger partial charge in [-0.2, -0.15) is 0 Å². The zero-order valence-corrected chi connectivity index (χ0v) is 13.2. The standard InChI is InChI=1S/C14H11ClFIN2/c1-7-2-5-11-12(7)13(17)19-14(18-11)9-6-8(15)3-4-10(9)16/h3-4,6-7H,2,5H2,1H3. The number of halogens is 3. The van der Waals surface area contributed by atoms with Crippen LogP contribution in [-0.2, 0) is 6.42 Å². The van der Waals surface area contributed by atoms with E-state index in [4.69, 9.17) is 11.6 Å². The van der Waals surface area contributed by atoms with Crippen molar-refractivity contribution in [2.75, 3.05) is 0 Å². The average molecular weight is 389 g/mol. The van der Waals surface area contributed by atoms with Gasteiger partial charge in [-0.15, -0.1) is 0 Å². The first kappa shape index (κ1) is 13.2. The Kier molecular flexibility index (Phi) is 3.47. The third kappa shape index (κ3) is 2.36. The van der Waals surface area contributed by atoms with E-state index in [9.17, 15) is 4.39 Å². The minimum absolute atomic E-state index is 0.341. The third-order valence-corrected chi connectivity index (χ3v) is 4.51. The van der Waals surface area contributed by atoms with Gasteiger partial charge < -0.3 is 0 Å². The summed E-state index contributed by atoms with van der Waals surface area (Å²) in [6, 6.07) is 4.46. The fourth-order valence-corrected chi connectivity index (χ4v) is 3.69. The van der Waals surface area contributed by atoms with E-state index in [1.54, 1.807) is 6.07 Å². The molecule has 0 N–H and O–H groups in total. The molecule has 0 radical (unpaired) electrons. The van der Waals surface area contributed by atoms with E-state index in [1.165, 1.54) is 17.7 Å². The second-order valence-corrected chi connectivity index (χ2v) is 6.22. The van der Waals surface area contributed by atoms with Crippen LogP contribution in [0.3, 0.4) is 0 Å². The van der Waals surface area contributed by atoms with Crippen LogP contribution in [0.25, 0.3) is 11.4 Å². The van der Waals surface area contributed by atoms with E-state index in [-0.39, 0.29) is 5.82 Å². The van der Waals surface area contributed by atoms with Crippen molar-refractivity contribution in [1.82, 2.24) is 9.97 Å². The van der Waals surface area contributed by atoms with Crippen LogP contribution in [0.1, 0.15) is 30.5 Å². The van der Waals surface area contributed by atoms with Gasteiger partial charge in [0, 0.05) is 16.3 Å². The molecule has 0 spiro atoms. The average Bonchev–Trinajstić information content (AvgIpc) is 2.74. The topological polar surface area (TPSA) is 25.8 Å². The van der Waals surface area contributed by atoms with Crippen LogP contribution in [0.4, 0.5) is 4.39 Å². The molecule has 1 unspecified atom stereocenters. The summed E-state index contributed by atoms with van der Waals surface area (Å²) in [6.07, 6.45) is 2.02. The number of nitrogens with zero attached hydrogens (tertiary/aromatic N) is 2. The van der Waals surface area contributed by atoms with Gasteiger partial charge in [0.1, 0.15) is 9.52 Å². The maximum Gasteiger partial charge on any atom is 0.163 e. The van der Waals surface area contributed by atoms with E-state index in [1.807, 2.05) is 0 Å². The molecular weight excluding hydrogens is 378 g/mol. The van der Waals surface area contributed by atoms with Crippen LogP contribution in [0.2, 0.25) is 5.02 Å². The minimum atomic E-state index is -0.341. The quantitative estimate of drug-likeness (QED) is 0.527. The van der Waals surface area contributed by atoms with Crippen LogP contribution < -0.4 is 0 Å². The summed E-state index contributed by atoms with van der Waals surface area (Å²) in [6.45, 7) is 2.18. The predicted octanol–water partition coefficient (Wildman–Crippen LogP) is 4.59. The maximum absolute atomic E-state index is 13.9. The zero-order valence-electron chi connectivity index (χ0n) is 10.3. The lowest BCUT2D eigenvalue weighted by Crippen LogP contribution is -2.02. The number of hydrogen-bond acceptors (Lipinski definition) is 2. The minimum Gasteiger partial charge on any atom is -0.233 e. The lowest BCUT2D eigenvalue weighted by atomic mass is 10.1. The molecule has 1 atom stereocenters. The Bertz CT molecular complexity index is 660. The molecule has 1 aromatic carbocycles. The molecule has 2 nitrogen and oxygen atoms in total. The summed E-state index contributed by atoms with van der Waals surface area (Å²) in [7, 11) is 0. The molecule has 3 rings (SSSR count). The fourth-order valence-electron chi connectivity index (χ4n) is 2.45.